The maximum atomic E-state index is 9.45. The van der Waals surface area contributed by atoms with Gasteiger partial charge in [-0.1, -0.05) is 11.2 Å². The van der Waals surface area contributed by atoms with Crippen LogP contribution in [0.2, 0.25) is 0 Å². The molecule has 0 bridgehead atoms. The van der Waals surface area contributed by atoms with E-state index < -0.39 is 0 Å². The second kappa shape index (κ2) is 4.27. The Hall–Kier alpha value is -1.72. The summed E-state index contributed by atoms with van der Waals surface area (Å²) < 4.78 is 5.29. The van der Waals surface area contributed by atoms with Gasteiger partial charge in [0.2, 0.25) is 0 Å². The summed E-state index contributed by atoms with van der Waals surface area (Å²) >= 11 is 0. The largest absolute Gasteiger partial charge is 0.392 e. The van der Waals surface area contributed by atoms with Crippen molar-refractivity contribution >= 4 is 0 Å². The Labute approximate surface area is 98.5 Å². The third kappa shape index (κ3) is 2.07. The summed E-state index contributed by atoms with van der Waals surface area (Å²) in [6.45, 7) is 0.601. The minimum Gasteiger partial charge on any atom is -0.392 e. The molecule has 1 unspecified atom stereocenters. The summed E-state index contributed by atoms with van der Waals surface area (Å²) in [4.78, 5) is 4.21. The zero-order chi connectivity index (χ0) is 11.7. The Morgan fingerprint density at radius 2 is 2.29 bits per heavy atom. The summed E-state index contributed by atoms with van der Waals surface area (Å²) in [5.74, 6) is 0.752. The molecule has 3 heterocycles. The number of nitrogens with one attached hydrogen (secondary N) is 1. The fourth-order valence-corrected chi connectivity index (χ4v) is 2.02. The number of hydrogen-bond acceptors (Lipinski definition) is 5. The van der Waals surface area contributed by atoms with Crippen molar-refractivity contribution in [3.63, 3.8) is 0 Å². The number of nitrogens with zero attached hydrogens (tertiary/aromatic N) is 2. The van der Waals surface area contributed by atoms with E-state index in [4.69, 9.17) is 4.52 Å². The molecule has 0 saturated carbocycles. The summed E-state index contributed by atoms with van der Waals surface area (Å²) in [6, 6.07) is 7.58. The smallest absolute Gasteiger partial charge is 0.154 e. The lowest BCUT2D eigenvalue weighted by Crippen LogP contribution is -2.14. The lowest BCUT2D eigenvalue weighted by atomic mass is 10.1. The Balaban J connectivity index is 1.84. The molecule has 0 aliphatic carbocycles. The molecule has 3 rings (SSSR count). The van der Waals surface area contributed by atoms with Gasteiger partial charge in [0, 0.05) is 18.8 Å². The van der Waals surface area contributed by atoms with Crippen molar-refractivity contribution in [2.75, 3.05) is 6.54 Å². The summed E-state index contributed by atoms with van der Waals surface area (Å²) in [6.07, 6.45) is 2.08. The molecular weight excluding hydrogens is 218 g/mol. The molecule has 0 amide bonds. The van der Waals surface area contributed by atoms with Gasteiger partial charge in [0.25, 0.3) is 0 Å². The van der Waals surface area contributed by atoms with Gasteiger partial charge in [0.15, 0.2) is 5.76 Å². The highest BCUT2D eigenvalue weighted by molar-refractivity contribution is 5.53. The highest BCUT2D eigenvalue weighted by Crippen LogP contribution is 2.26. The fraction of sp³-hybridized carbons (Fsp3) is 0.333. The van der Waals surface area contributed by atoms with Crippen molar-refractivity contribution in [2.45, 2.75) is 18.6 Å². The Morgan fingerprint density at radius 1 is 1.35 bits per heavy atom. The second-order valence-corrected chi connectivity index (χ2v) is 4.18. The number of aliphatic hydroxyl groups is 1. The highest BCUT2D eigenvalue weighted by Gasteiger charge is 2.26. The number of β-amino-alcohol motifs (C(OH)–C–C–N with tert-alkyl or cyclic N) is 1. The van der Waals surface area contributed by atoms with E-state index in [2.05, 4.69) is 15.5 Å². The van der Waals surface area contributed by atoms with E-state index >= 15 is 0 Å². The van der Waals surface area contributed by atoms with Crippen molar-refractivity contribution in [1.82, 2.24) is 15.5 Å². The monoisotopic (exact) mass is 231 g/mol. The average Bonchev–Trinajstić information content (AvgIpc) is 2.98. The molecule has 88 valence electrons. The average molecular weight is 231 g/mol. The Bertz CT molecular complexity index is 497. The molecule has 1 aliphatic heterocycles. The van der Waals surface area contributed by atoms with Crippen molar-refractivity contribution in [3.05, 3.63) is 36.2 Å². The Morgan fingerprint density at radius 3 is 3.00 bits per heavy atom. The van der Waals surface area contributed by atoms with Crippen molar-refractivity contribution in [2.24, 2.45) is 0 Å². The predicted molar refractivity (Wildman–Crippen MR) is 61.1 cm³/mol. The lowest BCUT2D eigenvalue weighted by molar-refractivity contribution is 0.191. The molecule has 2 aromatic heterocycles. The second-order valence-electron chi connectivity index (χ2n) is 4.18. The zero-order valence-electron chi connectivity index (χ0n) is 9.21. The van der Waals surface area contributed by atoms with Crippen LogP contribution in [-0.2, 0) is 0 Å². The normalized spacial score (nSPS) is 24.1. The van der Waals surface area contributed by atoms with Gasteiger partial charge in [-0.05, 0) is 18.6 Å². The van der Waals surface area contributed by atoms with Gasteiger partial charge in [-0.15, -0.1) is 0 Å². The first kappa shape index (κ1) is 10.4. The maximum absolute atomic E-state index is 9.45. The quantitative estimate of drug-likeness (QED) is 0.810. The number of aromatic nitrogens is 2. The third-order valence-electron chi connectivity index (χ3n) is 2.91. The number of pyridine rings is 1. The fourth-order valence-electron chi connectivity index (χ4n) is 2.02. The van der Waals surface area contributed by atoms with E-state index in [1.165, 1.54) is 0 Å². The molecule has 0 aromatic carbocycles. The first-order valence-electron chi connectivity index (χ1n) is 5.62. The molecule has 1 saturated heterocycles. The summed E-state index contributed by atoms with van der Waals surface area (Å²) in [5, 5.41) is 16.6. The third-order valence-corrected chi connectivity index (χ3v) is 2.91. The van der Waals surface area contributed by atoms with Gasteiger partial charge in [-0.2, -0.15) is 0 Å². The van der Waals surface area contributed by atoms with Gasteiger partial charge in [-0.25, -0.2) is 0 Å². The van der Waals surface area contributed by atoms with Crippen molar-refractivity contribution in [3.8, 4) is 11.4 Å². The van der Waals surface area contributed by atoms with Crippen LogP contribution < -0.4 is 5.32 Å². The first-order chi connectivity index (χ1) is 8.33. The van der Waals surface area contributed by atoms with Gasteiger partial charge in [0.05, 0.1) is 17.8 Å². The van der Waals surface area contributed by atoms with Crippen LogP contribution in [0.3, 0.4) is 0 Å². The van der Waals surface area contributed by atoms with Crippen LogP contribution in [0, 0.1) is 0 Å². The van der Waals surface area contributed by atoms with Crippen LogP contribution in [0.15, 0.2) is 35.0 Å². The van der Waals surface area contributed by atoms with E-state index in [1.54, 1.807) is 6.20 Å². The minimum absolute atomic E-state index is 0.0509. The van der Waals surface area contributed by atoms with Gasteiger partial charge < -0.3 is 14.9 Å². The molecule has 2 N–H and O–H groups in total. The van der Waals surface area contributed by atoms with Crippen LogP contribution in [0.4, 0.5) is 0 Å². The van der Waals surface area contributed by atoms with E-state index in [1.807, 2.05) is 24.3 Å². The minimum atomic E-state index is -0.302. The molecule has 1 fully saturated rings. The molecule has 0 spiro atoms. The molecule has 1 aliphatic rings. The molecule has 5 nitrogen and oxygen atoms in total. The topological polar surface area (TPSA) is 71.2 Å². The van der Waals surface area contributed by atoms with E-state index in [0.717, 1.165) is 17.1 Å². The van der Waals surface area contributed by atoms with Crippen molar-refractivity contribution < 1.29 is 9.63 Å². The number of rotatable bonds is 2. The van der Waals surface area contributed by atoms with Crippen LogP contribution in [-0.4, -0.2) is 27.9 Å². The van der Waals surface area contributed by atoms with Gasteiger partial charge >= 0.3 is 0 Å². The molecular formula is C12H13N3O2. The van der Waals surface area contributed by atoms with Gasteiger partial charge in [-0.3, -0.25) is 4.98 Å². The number of aliphatic hydroxyl groups excluding tert-OH is 1. The van der Waals surface area contributed by atoms with Crippen LogP contribution in [0.5, 0.6) is 0 Å². The molecule has 5 heteroatoms. The first-order valence-corrected chi connectivity index (χ1v) is 5.62. The van der Waals surface area contributed by atoms with Gasteiger partial charge in [0.1, 0.15) is 5.69 Å². The number of hydrogen-bond donors (Lipinski definition) is 2. The SMILES string of the molecule is OC1CN[C@@H](c2cc(-c3ccccn3)no2)C1. The predicted octanol–water partition coefficient (Wildman–Crippen LogP) is 1.13. The summed E-state index contributed by atoms with van der Waals surface area (Å²) in [5.41, 5.74) is 1.52. The molecule has 2 aromatic rings. The molecule has 2 atom stereocenters. The standard InChI is InChI=1S/C12H13N3O2/c16-8-5-11(14-7-8)12-6-10(15-17-12)9-3-1-2-4-13-9/h1-4,6,8,11,14,16H,5,7H2/t8?,11-/m1/s1. The molecule has 0 radical (unpaired) electrons. The van der Waals surface area contributed by atoms with E-state index in [-0.39, 0.29) is 12.1 Å². The van der Waals surface area contributed by atoms with E-state index in [9.17, 15) is 5.11 Å². The lowest BCUT2D eigenvalue weighted by Gasteiger charge is -2.02. The maximum Gasteiger partial charge on any atom is 0.154 e. The Kier molecular flexibility index (Phi) is 2.62. The zero-order valence-corrected chi connectivity index (χ0v) is 9.21. The molecule has 17 heavy (non-hydrogen) atoms. The highest BCUT2D eigenvalue weighted by atomic mass is 16.5. The van der Waals surface area contributed by atoms with Crippen molar-refractivity contribution in [1.29, 1.82) is 0 Å². The van der Waals surface area contributed by atoms with E-state index in [0.29, 0.717) is 13.0 Å². The van der Waals surface area contributed by atoms with Crippen LogP contribution in [0.1, 0.15) is 18.2 Å². The van der Waals surface area contributed by atoms with Crippen LogP contribution in [0.25, 0.3) is 11.4 Å². The summed E-state index contributed by atoms with van der Waals surface area (Å²) in [7, 11) is 0. The van der Waals surface area contributed by atoms with Crippen LogP contribution >= 0.6 is 0 Å².